The number of thiophene rings is 1. The third kappa shape index (κ3) is 1.71. The van der Waals surface area contributed by atoms with E-state index >= 15 is 0 Å². The van der Waals surface area contributed by atoms with E-state index in [4.69, 9.17) is 10.3 Å². The number of aromatic nitrogens is 1. The van der Waals surface area contributed by atoms with Crippen molar-refractivity contribution in [2.45, 2.75) is 13.3 Å². The molecule has 0 aliphatic heterocycles. The van der Waals surface area contributed by atoms with Crippen LogP contribution in [0.4, 0.5) is 0 Å². The van der Waals surface area contributed by atoms with E-state index < -0.39 is 0 Å². The Balaban J connectivity index is 2.36. The van der Waals surface area contributed by atoms with Gasteiger partial charge in [-0.15, -0.1) is 11.3 Å². The molecule has 0 bridgehead atoms. The predicted molar refractivity (Wildman–Crippen MR) is 57.3 cm³/mol. The largest absolute Gasteiger partial charge is 0.356 e. The Morgan fingerprint density at radius 1 is 1.57 bits per heavy atom. The van der Waals surface area contributed by atoms with Crippen molar-refractivity contribution >= 4 is 11.3 Å². The predicted octanol–water partition coefficient (Wildman–Crippen LogP) is 2.21. The minimum Gasteiger partial charge on any atom is -0.356 e. The highest BCUT2D eigenvalue weighted by Gasteiger charge is 2.10. The van der Waals surface area contributed by atoms with Crippen LogP contribution >= 0.6 is 11.3 Å². The summed E-state index contributed by atoms with van der Waals surface area (Å²) < 4.78 is 5.21. The molecule has 2 heterocycles. The van der Waals surface area contributed by atoms with Crippen molar-refractivity contribution in [3.8, 4) is 11.3 Å². The van der Waals surface area contributed by atoms with E-state index in [1.807, 2.05) is 13.0 Å². The average Bonchev–Trinajstić information content (AvgIpc) is 2.74. The molecule has 0 aromatic carbocycles. The van der Waals surface area contributed by atoms with Crippen LogP contribution in [0.15, 0.2) is 22.0 Å². The number of aryl methyl sites for hydroxylation is 1. The number of rotatable bonds is 3. The molecule has 0 saturated carbocycles. The van der Waals surface area contributed by atoms with Gasteiger partial charge in [0.25, 0.3) is 0 Å². The molecule has 0 atom stereocenters. The van der Waals surface area contributed by atoms with E-state index in [0.717, 1.165) is 23.4 Å². The second kappa shape index (κ2) is 3.94. The standard InChI is InChI=1S/C10H12N2OS/c1-7-6-9(13-12-7)8-3-5-14-10(8)2-4-11/h3,5-6H,2,4,11H2,1H3. The molecule has 0 aliphatic carbocycles. The van der Waals surface area contributed by atoms with E-state index in [9.17, 15) is 0 Å². The molecule has 3 nitrogen and oxygen atoms in total. The molecule has 2 N–H and O–H groups in total. The molecular formula is C10H12N2OS. The number of hydrogen-bond donors (Lipinski definition) is 1. The molecule has 0 amide bonds. The normalized spacial score (nSPS) is 10.7. The van der Waals surface area contributed by atoms with Gasteiger partial charge >= 0.3 is 0 Å². The quantitative estimate of drug-likeness (QED) is 0.841. The maximum Gasteiger partial charge on any atom is 0.168 e. The highest BCUT2D eigenvalue weighted by atomic mass is 32.1. The molecule has 2 aromatic heterocycles. The van der Waals surface area contributed by atoms with E-state index in [0.29, 0.717) is 6.54 Å². The van der Waals surface area contributed by atoms with Gasteiger partial charge in [-0.2, -0.15) is 0 Å². The van der Waals surface area contributed by atoms with Crippen LogP contribution in [-0.2, 0) is 6.42 Å². The Kier molecular flexibility index (Phi) is 2.65. The lowest BCUT2D eigenvalue weighted by Crippen LogP contribution is -2.01. The van der Waals surface area contributed by atoms with Gasteiger partial charge in [-0.05, 0) is 31.3 Å². The molecule has 0 saturated heterocycles. The van der Waals surface area contributed by atoms with Crippen LogP contribution < -0.4 is 5.73 Å². The molecule has 0 spiro atoms. The van der Waals surface area contributed by atoms with Crippen molar-refractivity contribution in [2.75, 3.05) is 6.54 Å². The van der Waals surface area contributed by atoms with Crippen LogP contribution in [0.1, 0.15) is 10.6 Å². The Morgan fingerprint density at radius 3 is 3.07 bits per heavy atom. The van der Waals surface area contributed by atoms with Crippen LogP contribution in [0.3, 0.4) is 0 Å². The molecule has 0 radical (unpaired) electrons. The van der Waals surface area contributed by atoms with Gasteiger partial charge in [0.2, 0.25) is 0 Å². The van der Waals surface area contributed by atoms with Gasteiger partial charge in [0.15, 0.2) is 5.76 Å². The molecule has 0 unspecified atom stereocenters. The van der Waals surface area contributed by atoms with Gasteiger partial charge in [0.05, 0.1) is 5.69 Å². The van der Waals surface area contributed by atoms with Crippen molar-refractivity contribution < 1.29 is 4.52 Å². The Hall–Kier alpha value is -1.13. The zero-order chi connectivity index (χ0) is 9.97. The van der Waals surface area contributed by atoms with Crippen molar-refractivity contribution in [1.82, 2.24) is 5.16 Å². The SMILES string of the molecule is Cc1cc(-c2ccsc2CCN)on1. The maximum atomic E-state index is 5.53. The second-order valence-electron chi connectivity index (χ2n) is 3.13. The minimum atomic E-state index is 0.667. The zero-order valence-electron chi connectivity index (χ0n) is 7.99. The van der Waals surface area contributed by atoms with Crippen LogP contribution in [0.5, 0.6) is 0 Å². The fourth-order valence-corrected chi connectivity index (χ4v) is 2.28. The molecule has 2 rings (SSSR count). The molecular weight excluding hydrogens is 196 g/mol. The third-order valence-corrected chi connectivity index (χ3v) is 2.99. The van der Waals surface area contributed by atoms with Crippen molar-refractivity contribution in [2.24, 2.45) is 5.73 Å². The average molecular weight is 208 g/mol. The summed E-state index contributed by atoms with van der Waals surface area (Å²) in [7, 11) is 0. The Labute approximate surface area is 86.5 Å². The van der Waals surface area contributed by atoms with Crippen LogP contribution in [-0.4, -0.2) is 11.7 Å². The molecule has 4 heteroatoms. The smallest absolute Gasteiger partial charge is 0.168 e. The van der Waals surface area contributed by atoms with E-state index in [-0.39, 0.29) is 0 Å². The highest BCUT2D eigenvalue weighted by Crippen LogP contribution is 2.28. The van der Waals surface area contributed by atoms with E-state index in [2.05, 4.69) is 16.6 Å². The summed E-state index contributed by atoms with van der Waals surface area (Å²) >= 11 is 1.71. The van der Waals surface area contributed by atoms with E-state index in [1.54, 1.807) is 11.3 Å². The lowest BCUT2D eigenvalue weighted by Gasteiger charge is -1.96. The Morgan fingerprint density at radius 2 is 2.43 bits per heavy atom. The second-order valence-corrected chi connectivity index (χ2v) is 4.13. The fraction of sp³-hybridized carbons (Fsp3) is 0.300. The summed E-state index contributed by atoms with van der Waals surface area (Å²) in [5.41, 5.74) is 7.57. The van der Waals surface area contributed by atoms with Gasteiger partial charge in [0, 0.05) is 16.5 Å². The van der Waals surface area contributed by atoms with Gasteiger partial charge < -0.3 is 10.3 Å². The summed E-state index contributed by atoms with van der Waals surface area (Å²) in [6.07, 6.45) is 0.896. The summed E-state index contributed by atoms with van der Waals surface area (Å²) in [6.45, 7) is 2.59. The number of nitrogens with two attached hydrogens (primary N) is 1. The van der Waals surface area contributed by atoms with E-state index in [1.165, 1.54) is 4.88 Å². The molecule has 0 fully saturated rings. The first-order valence-corrected chi connectivity index (χ1v) is 5.39. The summed E-state index contributed by atoms with van der Waals surface area (Å²) in [6, 6.07) is 4.00. The summed E-state index contributed by atoms with van der Waals surface area (Å²) in [5.74, 6) is 0.840. The van der Waals surface area contributed by atoms with Crippen molar-refractivity contribution in [3.63, 3.8) is 0 Å². The zero-order valence-corrected chi connectivity index (χ0v) is 8.80. The van der Waals surface area contributed by atoms with Crippen LogP contribution in [0.2, 0.25) is 0 Å². The molecule has 14 heavy (non-hydrogen) atoms. The first-order valence-electron chi connectivity index (χ1n) is 4.51. The summed E-state index contributed by atoms with van der Waals surface area (Å²) in [4.78, 5) is 1.27. The lowest BCUT2D eigenvalue weighted by atomic mass is 10.1. The monoisotopic (exact) mass is 208 g/mol. The van der Waals surface area contributed by atoms with Crippen LogP contribution in [0.25, 0.3) is 11.3 Å². The Bertz CT molecular complexity index is 419. The first-order chi connectivity index (χ1) is 6.81. The molecule has 0 aliphatic rings. The number of nitrogens with zero attached hydrogens (tertiary/aromatic N) is 1. The van der Waals surface area contributed by atoms with Gasteiger partial charge in [-0.1, -0.05) is 5.16 Å². The first kappa shape index (κ1) is 9.43. The fourth-order valence-electron chi connectivity index (χ4n) is 1.38. The van der Waals surface area contributed by atoms with Crippen molar-refractivity contribution in [1.29, 1.82) is 0 Å². The summed E-state index contributed by atoms with van der Waals surface area (Å²) in [5, 5.41) is 5.93. The number of hydrogen-bond acceptors (Lipinski definition) is 4. The molecule has 74 valence electrons. The lowest BCUT2D eigenvalue weighted by molar-refractivity contribution is 0.427. The van der Waals surface area contributed by atoms with Crippen LogP contribution in [0, 0.1) is 6.92 Å². The molecule has 2 aromatic rings. The van der Waals surface area contributed by atoms with Gasteiger partial charge in [-0.25, -0.2) is 0 Å². The maximum absolute atomic E-state index is 5.53. The van der Waals surface area contributed by atoms with Crippen molar-refractivity contribution in [3.05, 3.63) is 28.1 Å². The third-order valence-electron chi connectivity index (χ3n) is 2.01. The highest BCUT2D eigenvalue weighted by molar-refractivity contribution is 7.10. The topological polar surface area (TPSA) is 52.0 Å². The van der Waals surface area contributed by atoms with Gasteiger partial charge in [0.1, 0.15) is 0 Å². The minimum absolute atomic E-state index is 0.667. The van der Waals surface area contributed by atoms with Gasteiger partial charge in [-0.3, -0.25) is 0 Å².